The Morgan fingerprint density at radius 2 is 2.00 bits per heavy atom. The number of allylic oxidation sites excluding steroid dienone is 1. The van der Waals surface area contributed by atoms with Crippen molar-refractivity contribution in [2.24, 2.45) is 21.8 Å². The van der Waals surface area contributed by atoms with Crippen LogP contribution in [-0.2, 0) is 14.8 Å². The summed E-state index contributed by atoms with van der Waals surface area (Å²) in [6.45, 7) is 10.8. The van der Waals surface area contributed by atoms with Crippen LogP contribution in [0, 0.1) is 11.8 Å². The maximum absolute atomic E-state index is 13.3. The average molecular weight is 470 g/mol. The third kappa shape index (κ3) is 5.56. The van der Waals surface area contributed by atoms with Gasteiger partial charge in [-0.15, -0.1) is 0 Å². The van der Waals surface area contributed by atoms with Crippen molar-refractivity contribution in [1.29, 1.82) is 0 Å². The number of nitrogens with zero attached hydrogens (tertiary/aromatic N) is 4. The minimum atomic E-state index is -3.14. The highest BCUT2D eigenvalue weighted by molar-refractivity contribution is 7.89. The number of rotatable bonds is 7. The lowest BCUT2D eigenvalue weighted by atomic mass is 9.98. The molecule has 2 aliphatic heterocycles. The first kappa shape index (κ1) is 23.9. The Hall–Kier alpha value is -1.71. The quantitative estimate of drug-likeness (QED) is 0.580. The van der Waals surface area contributed by atoms with E-state index in [1.165, 1.54) is 0 Å². The predicted octanol–water partition coefficient (Wildman–Crippen LogP) is 2.69. The average Bonchev–Trinajstić information content (AvgIpc) is 3.58. The Kier molecular flexibility index (Phi) is 7.59. The lowest BCUT2D eigenvalue weighted by Crippen LogP contribution is -2.54. The maximum atomic E-state index is 13.3. The van der Waals surface area contributed by atoms with Crippen LogP contribution >= 0.6 is 11.6 Å². The highest BCUT2D eigenvalue weighted by Crippen LogP contribution is 2.37. The first-order chi connectivity index (χ1) is 14.7. The molecule has 1 unspecified atom stereocenters. The van der Waals surface area contributed by atoms with Crippen molar-refractivity contribution < 1.29 is 13.2 Å². The summed E-state index contributed by atoms with van der Waals surface area (Å²) in [6, 6.07) is -0.00740. The van der Waals surface area contributed by atoms with Crippen LogP contribution in [0.25, 0.3) is 0 Å². The van der Waals surface area contributed by atoms with Gasteiger partial charge in [-0.3, -0.25) is 9.69 Å². The van der Waals surface area contributed by atoms with E-state index in [1.807, 2.05) is 19.9 Å². The standard InChI is InChI=1S/C21H32ClN5O3S/c1-5-18-20(24-15(4)22)27(14(3)17-7-8-17)21(28)19(25-18)23-13-16-9-11-26(12-10-16)31(29,30)6-2/h5,14,16-17H,4,6-13H2,1-3H3,(H,23,25)/b18-5+,24-20+. The number of aliphatic imine (C=N–C) groups is 2. The number of sulfonamides is 1. The van der Waals surface area contributed by atoms with E-state index in [-0.39, 0.29) is 28.8 Å². The highest BCUT2D eigenvalue weighted by atomic mass is 35.5. The van der Waals surface area contributed by atoms with E-state index in [0.29, 0.717) is 42.9 Å². The molecule has 1 saturated carbocycles. The van der Waals surface area contributed by atoms with E-state index in [2.05, 4.69) is 21.9 Å². The van der Waals surface area contributed by atoms with E-state index in [9.17, 15) is 13.2 Å². The summed E-state index contributed by atoms with van der Waals surface area (Å²) in [5, 5.41) is 3.34. The molecule has 0 radical (unpaired) electrons. The Morgan fingerprint density at radius 3 is 2.52 bits per heavy atom. The molecule has 8 nitrogen and oxygen atoms in total. The number of carbonyl (C=O) groups excluding carboxylic acids is 1. The van der Waals surface area contributed by atoms with Gasteiger partial charge >= 0.3 is 0 Å². The zero-order valence-corrected chi connectivity index (χ0v) is 20.0. The molecule has 1 N–H and O–H groups in total. The van der Waals surface area contributed by atoms with Crippen LogP contribution in [0.2, 0.25) is 0 Å². The minimum absolute atomic E-state index is 0.00740. The van der Waals surface area contributed by atoms with Crippen LogP contribution in [0.5, 0.6) is 0 Å². The van der Waals surface area contributed by atoms with E-state index < -0.39 is 10.0 Å². The third-order valence-electron chi connectivity index (χ3n) is 6.21. The Balaban J connectivity index is 1.72. The van der Waals surface area contributed by atoms with Gasteiger partial charge in [0.1, 0.15) is 10.9 Å². The fourth-order valence-corrected chi connectivity index (χ4v) is 5.28. The van der Waals surface area contributed by atoms with E-state index in [4.69, 9.17) is 11.6 Å². The molecule has 2 heterocycles. The van der Waals surface area contributed by atoms with Gasteiger partial charge in [-0.1, -0.05) is 24.3 Å². The molecule has 172 valence electrons. The summed E-state index contributed by atoms with van der Waals surface area (Å²) in [5.41, 5.74) is 0.584. The minimum Gasteiger partial charge on any atom is -0.365 e. The molecule has 0 bridgehead atoms. The molecule has 31 heavy (non-hydrogen) atoms. The second kappa shape index (κ2) is 9.83. The zero-order valence-electron chi connectivity index (χ0n) is 18.5. The second-order valence-corrected chi connectivity index (χ2v) is 11.0. The van der Waals surface area contributed by atoms with Crippen molar-refractivity contribution in [2.45, 2.75) is 52.5 Å². The van der Waals surface area contributed by atoms with Crippen LogP contribution < -0.4 is 5.32 Å². The lowest BCUT2D eigenvalue weighted by Gasteiger charge is -2.35. The fraction of sp³-hybridized carbons (Fsp3) is 0.667. The molecular formula is C21H32ClN5O3S. The van der Waals surface area contributed by atoms with Crippen molar-refractivity contribution in [1.82, 2.24) is 14.5 Å². The molecule has 1 saturated heterocycles. The zero-order chi connectivity index (χ0) is 22.8. The summed E-state index contributed by atoms with van der Waals surface area (Å²) in [4.78, 5) is 23.8. The van der Waals surface area contributed by atoms with Crippen molar-refractivity contribution in [3.63, 3.8) is 0 Å². The molecule has 2 fully saturated rings. The largest absolute Gasteiger partial charge is 0.365 e. The van der Waals surface area contributed by atoms with Gasteiger partial charge < -0.3 is 5.32 Å². The first-order valence-corrected chi connectivity index (χ1v) is 12.9. The van der Waals surface area contributed by atoms with Gasteiger partial charge in [0.15, 0.2) is 11.7 Å². The Bertz CT molecular complexity index is 915. The lowest BCUT2D eigenvalue weighted by molar-refractivity contribution is -0.122. The molecule has 1 amide bonds. The smallest absolute Gasteiger partial charge is 0.295 e. The normalized spacial score (nSPS) is 25.1. The molecule has 0 spiro atoms. The van der Waals surface area contributed by atoms with Crippen LogP contribution in [0.3, 0.4) is 0 Å². The van der Waals surface area contributed by atoms with E-state index in [0.717, 1.165) is 25.7 Å². The second-order valence-electron chi connectivity index (χ2n) is 8.32. The van der Waals surface area contributed by atoms with Crippen LogP contribution in [0.15, 0.2) is 33.5 Å². The van der Waals surface area contributed by atoms with Gasteiger partial charge in [0.05, 0.1) is 5.75 Å². The number of halogens is 1. The molecule has 10 heteroatoms. The first-order valence-electron chi connectivity index (χ1n) is 10.9. The summed E-state index contributed by atoms with van der Waals surface area (Å²) in [5.74, 6) is 1.37. The van der Waals surface area contributed by atoms with Crippen LogP contribution in [0.4, 0.5) is 0 Å². The molecule has 3 rings (SSSR count). The Labute approximate surface area is 190 Å². The number of nitrogens with one attached hydrogen (secondary N) is 1. The van der Waals surface area contributed by atoms with Crippen molar-refractivity contribution in [3.8, 4) is 0 Å². The predicted molar refractivity (Wildman–Crippen MR) is 124 cm³/mol. The molecule has 0 aromatic rings. The van der Waals surface area contributed by atoms with Crippen molar-refractivity contribution in [2.75, 3.05) is 25.4 Å². The SMILES string of the molecule is C=C(Cl)/N=C1\C(=C/C)N=C(NCC2CCN(S(=O)(=O)CC)CC2)C(=O)N1C(C)C1CC1. The molecule has 0 aromatic heterocycles. The molecule has 1 aliphatic carbocycles. The number of hydrogen-bond donors (Lipinski definition) is 1. The summed E-state index contributed by atoms with van der Waals surface area (Å²) in [6.07, 6.45) is 5.50. The maximum Gasteiger partial charge on any atom is 0.295 e. The van der Waals surface area contributed by atoms with Gasteiger partial charge in [-0.2, -0.15) is 0 Å². The summed E-state index contributed by atoms with van der Waals surface area (Å²) in [7, 11) is -3.14. The van der Waals surface area contributed by atoms with Gasteiger partial charge in [-0.25, -0.2) is 22.7 Å². The number of hydrogen-bond acceptors (Lipinski definition) is 6. The van der Waals surface area contributed by atoms with Crippen LogP contribution in [0.1, 0.15) is 46.5 Å². The van der Waals surface area contributed by atoms with E-state index in [1.54, 1.807) is 16.1 Å². The van der Waals surface area contributed by atoms with Gasteiger partial charge in [-0.05, 0) is 58.3 Å². The molecule has 3 aliphatic rings. The highest BCUT2D eigenvalue weighted by Gasteiger charge is 2.41. The molecule has 1 atom stereocenters. The third-order valence-corrected chi connectivity index (χ3v) is 8.18. The van der Waals surface area contributed by atoms with Gasteiger partial charge in [0.2, 0.25) is 10.0 Å². The monoisotopic (exact) mass is 469 g/mol. The van der Waals surface area contributed by atoms with Crippen LogP contribution in [-0.4, -0.2) is 66.6 Å². The number of amides is 1. The van der Waals surface area contributed by atoms with Gasteiger partial charge in [0.25, 0.3) is 5.91 Å². The molecule has 0 aromatic carbocycles. The number of piperidine rings is 1. The van der Waals surface area contributed by atoms with E-state index >= 15 is 0 Å². The summed E-state index contributed by atoms with van der Waals surface area (Å²) < 4.78 is 25.7. The molecular weight excluding hydrogens is 438 g/mol. The summed E-state index contributed by atoms with van der Waals surface area (Å²) >= 11 is 5.94. The number of carbonyl (C=O) groups is 1. The fourth-order valence-electron chi connectivity index (χ4n) is 4.07. The topological polar surface area (TPSA) is 94.4 Å². The number of amidine groups is 2. The Morgan fingerprint density at radius 1 is 1.35 bits per heavy atom. The van der Waals surface area contributed by atoms with Gasteiger partial charge in [0, 0.05) is 25.7 Å². The van der Waals surface area contributed by atoms with Crippen molar-refractivity contribution >= 4 is 39.2 Å². The van der Waals surface area contributed by atoms with Crippen molar-refractivity contribution in [3.05, 3.63) is 23.5 Å².